The van der Waals surface area contributed by atoms with Gasteiger partial charge >= 0.3 is 0 Å². The summed E-state index contributed by atoms with van der Waals surface area (Å²) < 4.78 is 25.7. The first kappa shape index (κ1) is 22.4. The monoisotopic (exact) mass is 419 g/mol. The third-order valence-electron chi connectivity index (χ3n) is 4.51. The maximum absolute atomic E-state index is 12.6. The lowest BCUT2D eigenvalue weighted by atomic mass is 10.1. The summed E-state index contributed by atoms with van der Waals surface area (Å²) in [6, 6.07) is 12.7. The van der Waals surface area contributed by atoms with Crippen molar-refractivity contribution in [3.8, 4) is 0 Å². The molecule has 0 saturated heterocycles. The van der Waals surface area contributed by atoms with E-state index in [9.17, 15) is 23.3 Å². The number of anilines is 1. The first-order valence-electron chi connectivity index (χ1n) is 9.17. The molecule has 1 N–H and O–H groups in total. The van der Waals surface area contributed by atoms with Crippen molar-refractivity contribution < 1.29 is 18.1 Å². The van der Waals surface area contributed by atoms with Gasteiger partial charge in [-0.15, -0.1) is 0 Å². The fraction of sp³-hybridized carbons (Fsp3) is 0.350. The van der Waals surface area contributed by atoms with Crippen LogP contribution in [0.4, 0.5) is 11.4 Å². The maximum Gasteiger partial charge on any atom is 0.271 e. The predicted octanol–water partition coefficient (Wildman–Crippen LogP) is 2.81. The van der Waals surface area contributed by atoms with Gasteiger partial charge in [-0.05, 0) is 37.8 Å². The van der Waals surface area contributed by atoms with E-state index in [0.717, 1.165) is 22.5 Å². The number of nitrogens with one attached hydrogen (secondary N) is 1. The van der Waals surface area contributed by atoms with E-state index in [2.05, 4.69) is 5.32 Å². The van der Waals surface area contributed by atoms with E-state index in [1.165, 1.54) is 25.1 Å². The minimum absolute atomic E-state index is 0.119. The van der Waals surface area contributed by atoms with Crippen LogP contribution in [-0.2, 0) is 21.2 Å². The molecule has 0 fully saturated rings. The average molecular weight is 420 g/mol. The number of hydrogen-bond donors (Lipinski definition) is 1. The van der Waals surface area contributed by atoms with Crippen molar-refractivity contribution in [1.82, 2.24) is 5.32 Å². The maximum atomic E-state index is 12.6. The van der Waals surface area contributed by atoms with Crippen LogP contribution in [0.15, 0.2) is 48.5 Å². The topological polar surface area (TPSA) is 110 Å². The van der Waals surface area contributed by atoms with Gasteiger partial charge < -0.3 is 5.32 Å². The predicted molar refractivity (Wildman–Crippen MR) is 112 cm³/mol. The molecular weight excluding hydrogens is 394 g/mol. The zero-order valence-electron chi connectivity index (χ0n) is 16.7. The summed E-state index contributed by atoms with van der Waals surface area (Å²) in [5.74, 6) is -0.464. The van der Waals surface area contributed by atoms with E-state index in [1.54, 1.807) is 6.92 Å². The Morgan fingerprint density at radius 3 is 2.45 bits per heavy atom. The second-order valence-electron chi connectivity index (χ2n) is 6.84. The molecule has 0 saturated carbocycles. The molecule has 0 aliphatic carbocycles. The number of sulfonamides is 1. The van der Waals surface area contributed by atoms with Gasteiger partial charge in [0.2, 0.25) is 15.9 Å². The summed E-state index contributed by atoms with van der Waals surface area (Å²) >= 11 is 0. The van der Waals surface area contributed by atoms with Gasteiger partial charge in [0.1, 0.15) is 6.04 Å². The summed E-state index contributed by atoms with van der Waals surface area (Å²) in [6.45, 7) is 3.50. The van der Waals surface area contributed by atoms with Gasteiger partial charge in [0.05, 0.1) is 16.9 Å². The van der Waals surface area contributed by atoms with Crippen LogP contribution in [0.3, 0.4) is 0 Å². The lowest BCUT2D eigenvalue weighted by Gasteiger charge is -2.29. The number of nitro groups is 1. The highest BCUT2D eigenvalue weighted by molar-refractivity contribution is 7.92. The number of non-ortho nitro benzene ring substituents is 1. The number of carbonyl (C=O) groups excluding carboxylic acids is 1. The number of nitro benzene ring substituents is 1. The van der Waals surface area contributed by atoms with Crippen LogP contribution >= 0.6 is 0 Å². The number of amides is 1. The number of hydrogen-bond acceptors (Lipinski definition) is 5. The minimum Gasteiger partial charge on any atom is -0.354 e. The van der Waals surface area contributed by atoms with Crippen LogP contribution in [0.2, 0.25) is 0 Å². The molecule has 9 heteroatoms. The zero-order valence-corrected chi connectivity index (χ0v) is 17.5. The fourth-order valence-corrected chi connectivity index (χ4v) is 4.25. The second kappa shape index (κ2) is 9.51. The summed E-state index contributed by atoms with van der Waals surface area (Å²) in [6.07, 6.45) is 2.47. The average Bonchev–Trinajstić information content (AvgIpc) is 2.66. The van der Waals surface area contributed by atoms with Crippen LogP contribution < -0.4 is 9.62 Å². The van der Waals surface area contributed by atoms with Gasteiger partial charge in [-0.2, -0.15) is 0 Å². The van der Waals surface area contributed by atoms with Crippen molar-refractivity contribution in [1.29, 1.82) is 0 Å². The van der Waals surface area contributed by atoms with Crippen LogP contribution in [0.5, 0.6) is 0 Å². The van der Waals surface area contributed by atoms with Crippen molar-refractivity contribution in [2.24, 2.45) is 0 Å². The Kier molecular flexibility index (Phi) is 7.33. The summed E-state index contributed by atoms with van der Waals surface area (Å²) in [4.78, 5) is 23.1. The standard InChI is InChI=1S/C20H25N3O5S/c1-15-11-12-18(23(25)26)14-19(15)22(29(3,27)28)16(2)20(24)21-13-7-10-17-8-5-4-6-9-17/h4-6,8-9,11-12,14,16H,7,10,13H2,1-3H3,(H,21,24)/t16-/m1/s1. The molecular formula is C20H25N3O5S. The molecule has 156 valence electrons. The first-order valence-corrected chi connectivity index (χ1v) is 11.0. The van der Waals surface area contributed by atoms with Gasteiger partial charge in [-0.25, -0.2) is 8.42 Å². The molecule has 2 rings (SSSR count). The van der Waals surface area contributed by atoms with E-state index in [-0.39, 0.29) is 11.4 Å². The van der Waals surface area contributed by atoms with E-state index in [4.69, 9.17) is 0 Å². The smallest absolute Gasteiger partial charge is 0.271 e. The molecule has 1 amide bonds. The van der Waals surface area contributed by atoms with E-state index in [1.807, 2.05) is 30.3 Å². The quantitative estimate of drug-likeness (QED) is 0.382. The highest BCUT2D eigenvalue weighted by Gasteiger charge is 2.31. The molecule has 0 unspecified atom stereocenters. The highest BCUT2D eigenvalue weighted by atomic mass is 32.2. The molecule has 2 aromatic rings. The first-order chi connectivity index (χ1) is 13.6. The van der Waals surface area contributed by atoms with E-state index < -0.39 is 26.9 Å². The third kappa shape index (κ3) is 6.02. The second-order valence-corrected chi connectivity index (χ2v) is 8.70. The van der Waals surface area contributed by atoms with Crippen LogP contribution in [0.1, 0.15) is 24.5 Å². The number of benzene rings is 2. The zero-order chi connectivity index (χ0) is 21.6. The number of nitrogens with zero attached hydrogens (tertiary/aromatic N) is 2. The lowest BCUT2D eigenvalue weighted by molar-refractivity contribution is -0.384. The van der Waals surface area contributed by atoms with E-state index in [0.29, 0.717) is 18.5 Å². The highest BCUT2D eigenvalue weighted by Crippen LogP contribution is 2.29. The summed E-state index contributed by atoms with van der Waals surface area (Å²) in [7, 11) is -3.85. The number of rotatable bonds is 9. The van der Waals surface area contributed by atoms with Gasteiger partial charge in [0.25, 0.3) is 5.69 Å². The Bertz CT molecular complexity index is 977. The molecule has 0 heterocycles. The molecule has 0 aliphatic rings. The van der Waals surface area contributed by atoms with E-state index >= 15 is 0 Å². The Hall–Kier alpha value is -2.94. The Morgan fingerprint density at radius 2 is 1.86 bits per heavy atom. The van der Waals surface area contributed by atoms with Crippen molar-refractivity contribution in [3.63, 3.8) is 0 Å². The van der Waals surface area contributed by atoms with Crippen molar-refractivity contribution in [2.75, 3.05) is 17.1 Å². The summed E-state index contributed by atoms with van der Waals surface area (Å²) in [5.41, 5.74) is 1.55. The molecule has 1 atom stereocenters. The molecule has 29 heavy (non-hydrogen) atoms. The van der Waals surface area contributed by atoms with Gasteiger partial charge in [0.15, 0.2) is 0 Å². The van der Waals surface area contributed by atoms with Crippen LogP contribution in [-0.4, -0.2) is 38.1 Å². The van der Waals surface area contributed by atoms with Gasteiger partial charge in [0, 0.05) is 18.7 Å². The fourth-order valence-electron chi connectivity index (χ4n) is 3.03. The van der Waals surface area contributed by atoms with Crippen LogP contribution in [0.25, 0.3) is 0 Å². The Labute approximate surface area is 170 Å². The van der Waals surface area contributed by atoms with Gasteiger partial charge in [-0.1, -0.05) is 36.4 Å². The minimum atomic E-state index is -3.85. The molecule has 2 aromatic carbocycles. The largest absolute Gasteiger partial charge is 0.354 e. The molecule has 8 nitrogen and oxygen atoms in total. The Balaban J connectivity index is 2.13. The molecule has 0 spiro atoms. The molecule has 0 aliphatic heterocycles. The Morgan fingerprint density at radius 1 is 1.21 bits per heavy atom. The molecule has 0 bridgehead atoms. The van der Waals surface area contributed by atoms with Crippen molar-refractivity contribution in [2.45, 2.75) is 32.7 Å². The number of aryl methyl sites for hydroxylation is 2. The van der Waals surface area contributed by atoms with Crippen molar-refractivity contribution >= 4 is 27.3 Å². The van der Waals surface area contributed by atoms with Crippen molar-refractivity contribution in [3.05, 3.63) is 69.8 Å². The lowest BCUT2D eigenvalue weighted by Crippen LogP contribution is -2.48. The number of carbonyl (C=O) groups is 1. The molecule has 0 aromatic heterocycles. The SMILES string of the molecule is Cc1ccc([N+](=O)[O-])cc1N([C@H](C)C(=O)NCCCc1ccccc1)S(C)(=O)=O. The summed E-state index contributed by atoms with van der Waals surface area (Å²) in [5, 5.41) is 13.8. The normalized spacial score (nSPS) is 12.2. The van der Waals surface area contributed by atoms with Gasteiger partial charge in [-0.3, -0.25) is 19.2 Å². The molecule has 0 radical (unpaired) electrons. The van der Waals surface area contributed by atoms with Crippen LogP contribution in [0, 0.1) is 17.0 Å². The third-order valence-corrected chi connectivity index (χ3v) is 5.74.